The van der Waals surface area contributed by atoms with Crippen molar-refractivity contribution in [1.29, 1.82) is 0 Å². The number of nitrogens with one attached hydrogen (secondary N) is 2. The van der Waals surface area contributed by atoms with Crippen molar-refractivity contribution in [2.24, 2.45) is 0 Å². The predicted octanol–water partition coefficient (Wildman–Crippen LogP) is 3.40. The van der Waals surface area contributed by atoms with Gasteiger partial charge in [0.2, 0.25) is 0 Å². The third kappa shape index (κ3) is 8.12. The Hall–Kier alpha value is -1.95. The van der Waals surface area contributed by atoms with Gasteiger partial charge in [-0.3, -0.25) is 0 Å². The van der Waals surface area contributed by atoms with Crippen molar-refractivity contribution >= 4 is 17.3 Å². The van der Waals surface area contributed by atoms with E-state index in [1.54, 1.807) is 7.11 Å². The first-order valence-corrected chi connectivity index (χ1v) is 8.89. The number of hydrogen-bond donors (Lipinski definition) is 2. The summed E-state index contributed by atoms with van der Waals surface area (Å²) in [5, 5.41) is 7.04. The maximum absolute atomic E-state index is 5.75. The summed E-state index contributed by atoms with van der Waals surface area (Å²) in [4.78, 5) is 0. The summed E-state index contributed by atoms with van der Waals surface area (Å²) in [6, 6.07) is 18.6. The summed E-state index contributed by atoms with van der Waals surface area (Å²) >= 11 is 5.25. The minimum atomic E-state index is 0.613. The van der Waals surface area contributed by atoms with E-state index >= 15 is 0 Å². The Kier molecular flexibility index (Phi) is 8.97. The number of thiocarbonyl (C=S) groups is 1. The molecule has 2 aromatic carbocycles. The van der Waals surface area contributed by atoms with E-state index in [9.17, 15) is 0 Å². The van der Waals surface area contributed by atoms with Crippen molar-refractivity contribution in [3.63, 3.8) is 0 Å². The van der Waals surface area contributed by atoms with E-state index in [0.29, 0.717) is 24.9 Å². The van der Waals surface area contributed by atoms with Crippen LogP contribution in [0.5, 0.6) is 0 Å². The lowest BCUT2D eigenvalue weighted by Crippen LogP contribution is -2.35. The molecule has 2 rings (SSSR count). The van der Waals surface area contributed by atoms with E-state index in [1.807, 2.05) is 18.2 Å². The van der Waals surface area contributed by atoms with Crippen LogP contribution in [0.15, 0.2) is 54.6 Å². The first-order valence-electron chi connectivity index (χ1n) is 8.48. The molecule has 0 aliphatic carbocycles. The molecule has 0 aliphatic heterocycles. The minimum Gasteiger partial charge on any atom is -0.385 e. The van der Waals surface area contributed by atoms with Crippen LogP contribution in [0.2, 0.25) is 0 Å². The summed E-state index contributed by atoms with van der Waals surface area (Å²) in [6.07, 6.45) is 0.940. The standard InChI is InChI=1S/C20H26N2O2S/c1-23-13-5-12-21-20(25)22-14-17-8-10-19(11-9-17)16-24-15-18-6-3-2-4-7-18/h2-4,6-11H,5,12-16H2,1H3,(H2,21,22,25). The lowest BCUT2D eigenvalue weighted by molar-refractivity contribution is 0.107. The zero-order valence-corrected chi connectivity index (χ0v) is 15.5. The highest BCUT2D eigenvalue weighted by atomic mass is 32.1. The van der Waals surface area contributed by atoms with Gasteiger partial charge in [0, 0.05) is 26.8 Å². The van der Waals surface area contributed by atoms with Crippen molar-refractivity contribution in [2.45, 2.75) is 26.2 Å². The Bertz CT molecular complexity index is 617. The van der Waals surface area contributed by atoms with Crippen molar-refractivity contribution in [2.75, 3.05) is 20.3 Å². The van der Waals surface area contributed by atoms with E-state index in [1.165, 1.54) is 16.7 Å². The number of hydrogen-bond acceptors (Lipinski definition) is 3. The van der Waals surface area contributed by atoms with Gasteiger partial charge in [-0.05, 0) is 35.3 Å². The maximum atomic E-state index is 5.75. The molecule has 0 spiro atoms. The highest BCUT2D eigenvalue weighted by molar-refractivity contribution is 7.80. The number of rotatable bonds is 10. The SMILES string of the molecule is COCCCNC(=S)NCc1ccc(COCc2ccccc2)cc1. The molecule has 0 radical (unpaired) electrons. The van der Waals surface area contributed by atoms with E-state index in [4.69, 9.17) is 21.7 Å². The highest BCUT2D eigenvalue weighted by Gasteiger charge is 1.99. The monoisotopic (exact) mass is 358 g/mol. The molecular weight excluding hydrogens is 332 g/mol. The second-order valence-electron chi connectivity index (χ2n) is 5.75. The van der Waals surface area contributed by atoms with E-state index in [0.717, 1.165) is 19.6 Å². The van der Waals surface area contributed by atoms with Crippen LogP contribution in [-0.4, -0.2) is 25.4 Å². The van der Waals surface area contributed by atoms with Crippen molar-refractivity contribution in [1.82, 2.24) is 10.6 Å². The molecule has 0 saturated heterocycles. The zero-order chi connectivity index (χ0) is 17.7. The summed E-state index contributed by atoms with van der Waals surface area (Å²) < 4.78 is 10.8. The molecule has 0 unspecified atom stereocenters. The van der Waals surface area contributed by atoms with Crippen molar-refractivity contribution in [3.05, 3.63) is 71.3 Å². The van der Waals surface area contributed by atoms with Gasteiger partial charge in [-0.25, -0.2) is 0 Å². The van der Waals surface area contributed by atoms with Gasteiger partial charge in [-0.2, -0.15) is 0 Å². The molecule has 4 nitrogen and oxygen atoms in total. The molecule has 25 heavy (non-hydrogen) atoms. The molecule has 0 atom stereocenters. The summed E-state index contributed by atoms with van der Waals surface area (Å²) in [5.74, 6) is 0. The zero-order valence-electron chi connectivity index (χ0n) is 14.7. The van der Waals surface area contributed by atoms with Crippen molar-refractivity contribution < 1.29 is 9.47 Å². The molecule has 5 heteroatoms. The maximum Gasteiger partial charge on any atom is 0.166 e. The van der Waals surface area contributed by atoms with Crippen LogP contribution in [0.3, 0.4) is 0 Å². The van der Waals surface area contributed by atoms with Crippen LogP contribution in [0, 0.1) is 0 Å². The van der Waals surface area contributed by atoms with Gasteiger partial charge in [0.15, 0.2) is 5.11 Å². The van der Waals surface area contributed by atoms with Crippen LogP contribution >= 0.6 is 12.2 Å². The quantitative estimate of drug-likeness (QED) is 0.503. The fourth-order valence-corrected chi connectivity index (χ4v) is 2.45. The minimum absolute atomic E-state index is 0.613. The topological polar surface area (TPSA) is 42.5 Å². The van der Waals surface area contributed by atoms with Gasteiger partial charge in [-0.1, -0.05) is 54.6 Å². The molecular formula is C20H26N2O2S. The molecule has 2 N–H and O–H groups in total. The Morgan fingerprint density at radius 1 is 0.880 bits per heavy atom. The van der Waals surface area contributed by atoms with E-state index < -0.39 is 0 Å². The molecule has 134 valence electrons. The fourth-order valence-electron chi connectivity index (χ4n) is 2.28. The van der Waals surface area contributed by atoms with Gasteiger partial charge in [0.05, 0.1) is 13.2 Å². The van der Waals surface area contributed by atoms with Gasteiger partial charge in [0.1, 0.15) is 0 Å². The van der Waals surface area contributed by atoms with Crippen LogP contribution in [0.4, 0.5) is 0 Å². The lowest BCUT2D eigenvalue weighted by Gasteiger charge is -2.11. The molecule has 0 aliphatic rings. The van der Waals surface area contributed by atoms with Crippen LogP contribution in [0.25, 0.3) is 0 Å². The lowest BCUT2D eigenvalue weighted by atomic mass is 10.1. The molecule has 0 amide bonds. The van der Waals surface area contributed by atoms with Crippen LogP contribution in [0.1, 0.15) is 23.1 Å². The van der Waals surface area contributed by atoms with Gasteiger partial charge >= 0.3 is 0 Å². The third-order valence-electron chi connectivity index (χ3n) is 3.67. The summed E-state index contributed by atoms with van der Waals surface area (Å²) in [5.41, 5.74) is 3.54. The van der Waals surface area contributed by atoms with E-state index in [-0.39, 0.29) is 0 Å². The summed E-state index contributed by atoms with van der Waals surface area (Å²) in [6.45, 7) is 3.51. The van der Waals surface area contributed by atoms with E-state index in [2.05, 4.69) is 47.0 Å². The molecule has 0 heterocycles. The largest absolute Gasteiger partial charge is 0.385 e. The Morgan fingerprint density at radius 3 is 2.20 bits per heavy atom. The Labute approximate surface area is 155 Å². The highest BCUT2D eigenvalue weighted by Crippen LogP contribution is 2.08. The first-order chi connectivity index (χ1) is 12.3. The predicted molar refractivity (Wildman–Crippen MR) is 105 cm³/mol. The number of benzene rings is 2. The van der Waals surface area contributed by atoms with Gasteiger partial charge in [-0.15, -0.1) is 0 Å². The molecule has 0 aromatic heterocycles. The van der Waals surface area contributed by atoms with Crippen LogP contribution in [-0.2, 0) is 29.2 Å². The Morgan fingerprint density at radius 2 is 1.52 bits per heavy atom. The molecule has 0 fully saturated rings. The third-order valence-corrected chi connectivity index (χ3v) is 3.96. The van der Waals surface area contributed by atoms with Gasteiger partial charge < -0.3 is 20.1 Å². The smallest absolute Gasteiger partial charge is 0.166 e. The van der Waals surface area contributed by atoms with Crippen molar-refractivity contribution in [3.8, 4) is 0 Å². The molecule has 2 aromatic rings. The normalized spacial score (nSPS) is 10.4. The second-order valence-corrected chi connectivity index (χ2v) is 6.16. The molecule has 0 saturated carbocycles. The average Bonchev–Trinajstić information content (AvgIpc) is 2.65. The van der Waals surface area contributed by atoms with Crippen LogP contribution < -0.4 is 10.6 Å². The first kappa shape index (κ1) is 19.4. The Balaban J connectivity index is 1.64. The number of methoxy groups -OCH3 is 1. The molecule has 0 bridgehead atoms. The van der Waals surface area contributed by atoms with Gasteiger partial charge in [0.25, 0.3) is 0 Å². The second kappa shape index (κ2) is 11.6. The summed E-state index contributed by atoms with van der Waals surface area (Å²) in [7, 11) is 1.70. The average molecular weight is 359 g/mol. The fraction of sp³-hybridized carbons (Fsp3) is 0.350. The number of ether oxygens (including phenoxy) is 2.